The molecule has 3 heteroatoms. The Morgan fingerprint density at radius 1 is 1.43 bits per heavy atom. The minimum absolute atomic E-state index is 0.0185. The van der Waals surface area contributed by atoms with Crippen molar-refractivity contribution in [3.63, 3.8) is 0 Å². The van der Waals surface area contributed by atoms with Crippen LogP contribution in [0.25, 0.3) is 10.1 Å². The van der Waals surface area contributed by atoms with Crippen LogP contribution in [0.3, 0.4) is 0 Å². The molecule has 0 aliphatic rings. The number of fused-ring (bicyclic) bond motifs is 1. The summed E-state index contributed by atoms with van der Waals surface area (Å²) in [7, 11) is 0. The van der Waals surface area contributed by atoms with Gasteiger partial charge < -0.3 is 5.32 Å². The predicted octanol–water partition coefficient (Wildman–Crippen LogP) is 2.65. The van der Waals surface area contributed by atoms with Gasteiger partial charge in [-0.05, 0) is 13.0 Å². The third-order valence-electron chi connectivity index (χ3n) is 2.06. The lowest BCUT2D eigenvalue weighted by Crippen LogP contribution is -2.22. The largest absolute Gasteiger partial charge is 0.352 e. The first-order chi connectivity index (χ1) is 6.83. The molecule has 0 fully saturated rings. The number of nitrogens with one attached hydrogen (secondary N) is 1. The number of hydrogen-bond donors (Lipinski definition) is 1. The van der Waals surface area contributed by atoms with Gasteiger partial charge in [-0.3, -0.25) is 4.79 Å². The van der Waals surface area contributed by atoms with E-state index in [1.165, 1.54) is 0 Å². The van der Waals surface area contributed by atoms with Crippen LogP contribution in [0.1, 0.15) is 17.3 Å². The average molecular weight is 205 g/mol. The van der Waals surface area contributed by atoms with Gasteiger partial charge in [0.1, 0.15) is 0 Å². The highest BCUT2D eigenvalue weighted by atomic mass is 32.1. The highest BCUT2D eigenvalue weighted by Gasteiger charge is 2.09. The summed E-state index contributed by atoms with van der Waals surface area (Å²) in [5, 5.41) is 5.77. The van der Waals surface area contributed by atoms with Crippen LogP contribution in [0.4, 0.5) is 0 Å². The molecule has 2 aromatic rings. The molecular formula is C11H11NOS. The Bertz CT molecular complexity index is 461. The van der Waals surface area contributed by atoms with Crippen LogP contribution >= 0.6 is 11.3 Å². The highest BCUT2D eigenvalue weighted by molar-refractivity contribution is 7.17. The summed E-state index contributed by atoms with van der Waals surface area (Å²) in [5.41, 5.74) is 0.785. The molecule has 0 unspecified atom stereocenters. The van der Waals surface area contributed by atoms with E-state index in [1.54, 1.807) is 11.3 Å². The summed E-state index contributed by atoms with van der Waals surface area (Å²) >= 11 is 1.61. The number of thiophene rings is 1. The maximum absolute atomic E-state index is 11.6. The lowest BCUT2D eigenvalue weighted by Gasteiger charge is -1.99. The first kappa shape index (κ1) is 9.21. The predicted molar refractivity (Wildman–Crippen MR) is 59.8 cm³/mol. The number of carbonyl (C=O) groups excluding carboxylic acids is 1. The lowest BCUT2D eigenvalue weighted by molar-refractivity contribution is 0.0958. The molecule has 0 bridgehead atoms. The molecule has 0 saturated heterocycles. The number of benzene rings is 1. The maximum Gasteiger partial charge on any atom is 0.252 e. The first-order valence-electron chi connectivity index (χ1n) is 4.57. The smallest absolute Gasteiger partial charge is 0.252 e. The summed E-state index contributed by atoms with van der Waals surface area (Å²) in [6.45, 7) is 2.59. The molecule has 0 saturated carbocycles. The maximum atomic E-state index is 11.6. The Kier molecular flexibility index (Phi) is 2.50. The van der Waals surface area contributed by atoms with Gasteiger partial charge in [-0.25, -0.2) is 0 Å². The van der Waals surface area contributed by atoms with Gasteiger partial charge in [0.15, 0.2) is 0 Å². The quantitative estimate of drug-likeness (QED) is 0.802. The second-order valence-corrected chi connectivity index (χ2v) is 3.92. The third kappa shape index (κ3) is 1.51. The molecule has 0 atom stereocenters. The molecule has 1 aromatic heterocycles. The van der Waals surface area contributed by atoms with Gasteiger partial charge >= 0.3 is 0 Å². The van der Waals surface area contributed by atoms with E-state index < -0.39 is 0 Å². The summed E-state index contributed by atoms with van der Waals surface area (Å²) in [4.78, 5) is 11.6. The minimum Gasteiger partial charge on any atom is -0.352 e. The number of hydrogen-bond acceptors (Lipinski definition) is 2. The monoisotopic (exact) mass is 205 g/mol. The molecule has 0 aliphatic carbocycles. The van der Waals surface area contributed by atoms with E-state index in [0.29, 0.717) is 6.54 Å². The van der Waals surface area contributed by atoms with Gasteiger partial charge in [-0.1, -0.05) is 18.2 Å². The van der Waals surface area contributed by atoms with Gasteiger partial charge in [0.2, 0.25) is 0 Å². The van der Waals surface area contributed by atoms with Crippen molar-refractivity contribution in [1.29, 1.82) is 0 Å². The fourth-order valence-electron chi connectivity index (χ4n) is 1.41. The Hall–Kier alpha value is -1.35. The summed E-state index contributed by atoms with van der Waals surface area (Å²) in [5.74, 6) is 0.0185. The van der Waals surface area contributed by atoms with Crippen LogP contribution in [-0.4, -0.2) is 12.5 Å². The zero-order valence-corrected chi connectivity index (χ0v) is 8.73. The van der Waals surface area contributed by atoms with E-state index in [0.717, 1.165) is 15.6 Å². The van der Waals surface area contributed by atoms with E-state index in [4.69, 9.17) is 0 Å². The van der Waals surface area contributed by atoms with Crippen molar-refractivity contribution in [2.24, 2.45) is 0 Å². The minimum atomic E-state index is 0.0185. The summed E-state index contributed by atoms with van der Waals surface area (Å²) in [6, 6.07) is 7.96. The Balaban J connectivity index is 2.47. The highest BCUT2D eigenvalue weighted by Crippen LogP contribution is 2.25. The number of amides is 1. The SMILES string of the molecule is CCNC(=O)c1csc2ccccc12. The molecule has 1 amide bonds. The van der Waals surface area contributed by atoms with Gasteiger partial charge in [0, 0.05) is 22.0 Å². The van der Waals surface area contributed by atoms with Gasteiger partial charge in [0.05, 0.1) is 5.56 Å². The van der Waals surface area contributed by atoms with Crippen molar-refractivity contribution < 1.29 is 4.79 Å². The lowest BCUT2D eigenvalue weighted by atomic mass is 10.2. The molecule has 0 aliphatic heterocycles. The summed E-state index contributed by atoms with van der Waals surface area (Å²) in [6.07, 6.45) is 0. The average Bonchev–Trinajstić information content (AvgIpc) is 2.61. The fourth-order valence-corrected chi connectivity index (χ4v) is 2.35. The summed E-state index contributed by atoms with van der Waals surface area (Å²) < 4.78 is 1.16. The molecule has 14 heavy (non-hydrogen) atoms. The van der Waals surface area contributed by atoms with E-state index >= 15 is 0 Å². The Labute approximate surface area is 86.6 Å². The van der Waals surface area contributed by atoms with Crippen molar-refractivity contribution in [2.75, 3.05) is 6.54 Å². The van der Waals surface area contributed by atoms with Crippen molar-refractivity contribution in [3.8, 4) is 0 Å². The van der Waals surface area contributed by atoms with Gasteiger partial charge in [-0.2, -0.15) is 0 Å². The molecule has 0 spiro atoms. The topological polar surface area (TPSA) is 29.1 Å². The molecule has 0 radical (unpaired) electrons. The van der Waals surface area contributed by atoms with Crippen LogP contribution < -0.4 is 5.32 Å². The van der Waals surface area contributed by atoms with Crippen molar-refractivity contribution >= 4 is 27.3 Å². The Morgan fingerprint density at radius 2 is 2.21 bits per heavy atom. The molecule has 2 nitrogen and oxygen atoms in total. The standard InChI is InChI=1S/C11H11NOS/c1-2-12-11(13)9-7-14-10-6-4-3-5-8(9)10/h3-7H,2H2,1H3,(H,12,13). The number of rotatable bonds is 2. The van der Waals surface area contributed by atoms with Crippen LogP contribution in [0.5, 0.6) is 0 Å². The second kappa shape index (κ2) is 3.80. The van der Waals surface area contributed by atoms with Crippen molar-refractivity contribution in [3.05, 3.63) is 35.2 Å². The van der Waals surface area contributed by atoms with Crippen LogP contribution in [0, 0.1) is 0 Å². The van der Waals surface area contributed by atoms with Crippen molar-refractivity contribution in [1.82, 2.24) is 5.32 Å². The van der Waals surface area contributed by atoms with E-state index in [2.05, 4.69) is 5.32 Å². The van der Waals surface area contributed by atoms with E-state index in [9.17, 15) is 4.79 Å². The first-order valence-corrected chi connectivity index (χ1v) is 5.45. The molecule has 1 aromatic carbocycles. The zero-order chi connectivity index (χ0) is 9.97. The van der Waals surface area contributed by atoms with Crippen LogP contribution in [-0.2, 0) is 0 Å². The van der Waals surface area contributed by atoms with Crippen LogP contribution in [0.2, 0.25) is 0 Å². The number of carbonyl (C=O) groups is 1. The molecule has 72 valence electrons. The third-order valence-corrected chi connectivity index (χ3v) is 3.03. The molecule has 1 heterocycles. The molecular weight excluding hydrogens is 194 g/mol. The Morgan fingerprint density at radius 3 is 3.00 bits per heavy atom. The van der Waals surface area contributed by atoms with Crippen molar-refractivity contribution in [2.45, 2.75) is 6.92 Å². The fraction of sp³-hybridized carbons (Fsp3) is 0.182. The van der Waals surface area contributed by atoms with Gasteiger partial charge in [0.25, 0.3) is 5.91 Å². The molecule has 1 N–H and O–H groups in total. The van der Waals surface area contributed by atoms with E-state index in [-0.39, 0.29) is 5.91 Å². The second-order valence-electron chi connectivity index (χ2n) is 3.00. The normalized spacial score (nSPS) is 10.4. The molecule has 2 rings (SSSR count). The zero-order valence-electron chi connectivity index (χ0n) is 7.91. The van der Waals surface area contributed by atoms with Crippen LogP contribution in [0.15, 0.2) is 29.6 Å². The van der Waals surface area contributed by atoms with Gasteiger partial charge in [-0.15, -0.1) is 11.3 Å². The van der Waals surface area contributed by atoms with E-state index in [1.807, 2.05) is 36.6 Å².